The predicted octanol–water partition coefficient (Wildman–Crippen LogP) is 11.0. The maximum atomic E-state index is 14.1. The van der Waals surface area contributed by atoms with Gasteiger partial charge >= 0.3 is 18.5 Å². The molecule has 100 heavy (non-hydrogen) atoms. The van der Waals surface area contributed by atoms with E-state index in [4.69, 9.17) is 4.74 Å². The van der Waals surface area contributed by atoms with Gasteiger partial charge < -0.3 is 43.6 Å². The summed E-state index contributed by atoms with van der Waals surface area (Å²) in [4.78, 5) is 72.7. The first-order chi connectivity index (χ1) is 46.6. The summed E-state index contributed by atoms with van der Waals surface area (Å²) in [5, 5.41) is 13.7. The second-order valence-electron chi connectivity index (χ2n) is 27.4. The Labute approximate surface area is 576 Å². The van der Waals surface area contributed by atoms with Crippen molar-refractivity contribution < 1.29 is 89.0 Å². The van der Waals surface area contributed by atoms with Crippen LogP contribution < -0.4 is 10.1 Å². The molecule has 0 saturated carbocycles. The van der Waals surface area contributed by atoms with Crippen molar-refractivity contribution in [3.8, 4) is 5.75 Å². The maximum absolute atomic E-state index is 14.1. The van der Waals surface area contributed by atoms with Crippen LogP contribution in [0.3, 0.4) is 0 Å². The Morgan fingerprint density at radius 3 is 1.62 bits per heavy atom. The Bertz CT molecular complexity index is 4250. The van der Waals surface area contributed by atoms with Crippen molar-refractivity contribution in [2.24, 2.45) is 0 Å². The number of ketones is 2. The molecule has 30 heteroatoms. The van der Waals surface area contributed by atoms with Crippen LogP contribution in [0.5, 0.6) is 5.75 Å². The molecule has 2 N–H and O–H groups in total. The number of carbonyl (C=O) groups excluding carboxylic acids is 5. The molecule has 3 aromatic heterocycles. The number of likely N-dealkylation sites (tertiary alicyclic amines) is 3. The van der Waals surface area contributed by atoms with Crippen LogP contribution >= 0.6 is 0 Å². The average Bonchev–Trinajstić information content (AvgIpc) is 1.63. The normalized spacial score (nSPS) is 19.3. The Hall–Kier alpha value is -7.90. The number of rotatable bonds is 9. The molecule has 1 atom stereocenters. The number of hydrogen-bond acceptors (Lipinski definition) is 12. The number of aliphatic hydroxyl groups is 1. The quantitative estimate of drug-likeness (QED) is 0.103. The van der Waals surface area contributed by atoms with Gasteiger partial charge in [0.05, 0.1) is 51.2 Å². The van der Waals surface area contributed by atoms with Gasteiger partial charge in [0.15, 0.2) is 11.6 Å². The number of sulfonamides is 1. The molecule has 6 aromatic rings. The van der Waals surface area contributed by atoms with Crippen LogP contribution in [0.4, 0.5) is 43.9 Å². The van der Waals surface area contributed by atoms with E-state index in [9.17, 15) is 81.4 Å². The van der Waals surface area contributed by atoms with Gasteiger partial charge in [0.1, 0.15) is 5.69 Å². The van der Waals surface area contributed by atoms with E-state index in [0.717, 1.165) is 21.5 Å². The van der Waals surface area contributed by atoms with Crippen molar-refractivity contribution >= 4 is 39.3 Å². The van der Waals surface area contributed by atoms with Crippen LogP contribution in [-0.2, 0) is 58.1 Å². The van der Waals surface area contributed by atoms with Crippen LogP contribution in [0.1, 0.15) is 154 Å². The van der Waals surface area contributed by atoms with Gasteiger partial charge in [-0.3, -0.25) is 33.8 Å². The number of methoxy groups -OCH3 is 1. The molecule has 546 valence electrons. The van der Waals surface area contributed by atoms with E-state index in [2.05, 4.69) is 15.1 Å². The molecule has 0 unspecified atom stereocenters. The third kappa shape index (κ3) is 13.9. The molecule has 3 spiro atoms. The van der Waals surface area contributed by atoms with Gasteiger partial charge in [0.2, 0.25) is 10.0 Å². The third-order valence-electron chi connectivity index (χ3n) is 21.0. The number of halogens is 10. The highest BCUT2D eigenvalue weighted by Crippen LogP contribution is 2.47. The van der Waals surface area contributed by atoms with Crippen molar-refractivity contribution in [2.45, 2.75) is 144 Å². The van der Waals surface area contributed by atoms with Crippen LogP contribution in [0, 0.1) is 19.7 Å². The number of amides is 3. The van der Waals surface area contributed by atoms with E-state index in [0.29, 0.717) is 131 Å². The molecule has 12 rings (SSSR count). The second kappa shape index (κ2) is 27.5. The number of ether oxygens (including phenoxy) is 1. The van der Waals surface area contributed by atoms with Gasteiger partial charge in [0.25, 0.3) is 29.3 Å². The summed E-state index contributed by atoms with van der Waals surface area (Å²) in [6.45, 7) is 12.9. The second-order valence-corrected chi connectivity index (χ2v) is 29.5. The van der Waals surface area contributed by atoms with Crippen molar-refractivity contribution in [3.05, 3.63) is 164 Å². The first-order valence-corrected chi connectivity index (χ1v) is 34.2. The molecule has 19 nitrogen and oxygen atoms in total. The number of aromatic nitrogens is 3. The molecular formula is C70H86F10N10O9S. The fourth-order valence-corrected chi connectivity index (χ4v) is 16.6. The number of alkyl halides is 9. The molecule has 0 bridgehead atoms. The van der Waals surface area contributed by atoms with Crippen LogP contribution in [-0.4, -0.2) is 191 Å². The number of fused-ring (bicyclic) bond motifs is 6. The molecule has 3 saturated heterocycles. The molecule has 3 fully saturated rings. The van der Waals surface area contributed by atoms with Gasteiger partial charge in [-0.2, -0.15) is 39.5 Å². The third-order valence-corrected chi connectivity index (χ3v) is 23.0. The Kier molecular flexibility index (Phi) is 20.5. The molecule has 3 amide bonds. The van der Waals surface area contributed by atoms with Crippen molar-refractivity contribution in [3.63, 3.8) is 0 Å². The van der Waals surface area contributed by atoms with Gasteiger partial charge in [-0.1, -0.05) is 12.1 Å². The van der Waals surface area contributed by atoms with Gasteiger partial charge in [-0.25, -0.2) is 17.1 Å². The fraction of sp³-hybridized carbons (Fsp3) is 0.500. The van der Waals surface area contributed by atoms with Crippen molar-refractivity contribution in [1.82, 2.24) is 47.8 Å². The average molecular weight is 1430 g/mol. The summed E-state index contributed by atoms with van der Waals surface area (Å²) in [7, 11) is 4.44. The summed E-state index contributed by atoms with van der Waals surface area (Å²) < 4.78 is 168. The van der Waals surface area contributed by atoms with E-state index in [1.807, 2.05) is 27.9 Å². The lowest BCUT2D eigenvalue weighted by molar-refractivity contribution is -0.144. The number of carbonyl (C=O) groups is 5. The number of likely N-dealkylation sites (N-methyl/N-ethyl adjacent to an activating group) is 2. The summed E-state index contributed by atoms with van der Waals surface area (Å²) in [6.07, 6.45) is -11.3. The number of piperidine rings is 3. The molecule has 0 aliphatic carbocycles. The number of aryl methyl sites for hydroxylation is 2. The minimum absolute atomic E-state index is 0. The Morgan fingerprint density at radius 1 is 0.610 bits per heavy atom. The fourth-order valence-electron chi connectivity index (χ4n) is 15.5. The number of hydrogen-bond donors (Lipinski definition) is 2. The van der Waals surface area contributed by atoms with Gasteiger partial charge in [-0.05, 0) is 183 Å². The smallest absolute Gasteiger partial charge is 0.456 e. The summed E-state index contributed by atoms with van der Waals surface area (Å²) in [6, 6.07) is 22.3. The minimum Gasteiger partial charge on any atom is -0.493 e. The number of benzene rings is 3. The van der Waals surface area contributed by atoms with Crippen LogP contribution in [0.15, 0.2) is 95.9 Å². The molecule has 9 heterocycles. The van der Waals surface area contributed by atoms with E-state index < -0.39 is 73.8 Å². The largest absolute Gasteiger partial charge is 0.493 e. The molecule has 6 aliphatic heterocycles. The lowest BCUT2D eigenvalue weighted by Gasteiger charge is -2.53. The molecular weight excluding hydrogens is 1350 g/mol. The number of para-hydroxylation sites is 1. The molecule has 6 aliphatic rings. The monoisotopic (exact) mass is 1430 g/mol. The minimum atomic E-state index is -4.95. The predicted molar refractivity (Wildman–Crippen MR) is 353 cm³/mol. The SMILES string of the molecule is COc1c(F)cccc1C(=O)N1CCC2(CC1)c1ccc(C(=O)C(F)(F)F)n1C[C@H](C)N2C.Cc1cc(C(=O)N2CCC3(CC2)NCCn2c(C(F)(F)F)ccc23)ccc1S(=O)(=O)N(C)C.Cc1cc(C(=O)N2CCC3(CC2)c2ccc(C(=O)C(F)(F)F)n2CCN3C)ccc1C(C)(C)O.[HH].[HH]. The molecule has 0 radical (unpaired) electrons. The van der Waals surface area contributed by atoms with E-state index in [1.165, 1.54) is 77.4 Å². The van der Waals surface area contributed by atoms with E-state index in [-0.39, 0.29) is 67.3 Å². The zero-order valence-electron chi connectivity index (χ0n) is 57.2. The lowest BCUT2D eigenvalue weighted by atomic mass is 9.80. The Morgan fingerprint density at radius 2 is 1.11 bits per heavy atom. The van der Waals surface area contributed by atoms with Crippen LogP contribution in [0.25, 0.3) is 0 Å². The highest BCUT2D eigenvalue weighted by molar-refractivity contribution is 7.89. The lowest BCUT2D eigenvalue weighted by Crippen LogP contribution is -2.59. The zero-order valence-corrected chi connectivity index (χ0v) is 58.0. The van der Waals surface area contributed by atoms with Crippen molar-refractivity contribution in [1.29, 1.82) is 0 Å². The van der Waals surface area contributed by atoms with Gasteiger partial charge in [0, 0.05) is 123 Å². The van der Waals surface area contributed by atoms with Gasteiger partial charge in [-0.15, -0.1) is 0 Å². The highest BCUT2D eigenvalue weighted by atomic mass is 32.2. The first kappa shape index (κ1) is 74.8. The van der Waals surface area contributed by atoms with E-state index >= 15 is 0 Å². The highest BCUT2D eigenvalue weighted by Gasteiger charge is 2.52. The first-order valence-electron chi connectivity index (χ1n) is 32.8. The maximum Gasteiger partial charge on any atom is 0.456 e. The molecule has 3 aromatic carbocycles. The Balaban J connectivity index is 0.000000192. The zero-order chi connectivity index (χ0) is 73.4. The van der Waals surface area contributed by atoms with Crippen LogP contribution in [0.2, 0.25) is 0 Å². The summed E-state index contributed by atoms with van der Waals surface area (Å²) in [5.41, 5.74) is 1.01. The number of nitrogens with zero attached hydrogens (tertiary/aromatic N) is 9. The topological polar surface area (TPSA) is 195 Å². The number of Topliss-reactive ketones (excluding diaryl/α,β-unsaturated/α-hetero) is 2. The summed E-state index contributed by atoms with van der Waals surface area (Å²) >= 11 is 0. The standard InChI is InChI=1S/C25H30F3N3O3.C23H25F4N3O3.C22H27F3N4O3S.2H2/c1-16-15-17(5-6-18(16)23(2,3)34)22(33)30-11-9-24(10-12-30)20-8-7-19(21(32)25(26,27)28)31(20)14-13-29(24)4;1-14-13-30-17(20(31)23(25,26)27)7-8-18(30)22(28(14)2)9-11-29(12-10-22)21(32)15-5-4-6-16(24)19(15)33-3;1-15-14-16(4-5-17(15)33(31,32)27(2)3)20(30)28-11-8-21(9-12-28)18-6-7-19(22(23,24)25)29(18)13-10-26-21;;/h5-8,15,34H,9-14H2,1-4H3;4-8,14H,9-13H2,1-3H3;4-7,14,26H,8-13H2,1-3H3;2*1H/t;14-;;;/m.0.../s1. The number of nitrogens with one attached hydrogen (secondary N) is 1. The summed E-state index contributed by atoms with van der Waals surface area (Å²) in [5.74, 6) is -5.11. The van der Waals surface area contributed by atoms with Crippen molar-refractivity contribution in [2.75, 3.05) is 87.7 Å². The van der Waals surface area contributed by atoms with E-state index in [1.54, 1.807) is 77.9 Å².